The summed E-state index contributed by atoms with van der Waals surface area (Å²) in [5.74, 6) is -11.0. The summed E-state index contributed by atoms with van der Waals surface area (Å²) in [6.07, 6.45) is 3.65. The number of allylic oxidation sites excluding steroid dienone is 2. The predicted octanol–water partition coefficient (Wildman–Crippen LogP) is 5.36. The van der Waals surface area contributed by atoms with Crippen LogP contribution in [0.4, 0.5) is 0 Å². The average Bonchev–Trinajstić information content (AvgIpc) is 0.829. The van der Waals surface area contributed by atoms with Crippen LogP contribution in [0.1, 0.15) is 182 Å². The third kappa shape index (κ3) is 25.2. The Morgan fingerprint density at radius 2 is 1.07 bits per heavy atom. The molecule has 2 aliphatic rings. The third-order valence-corrected chi connectivity index (χ3v) is 19.0. The van der Waals surface area contributed by atoms with Gasteiger partial charge in [0.25, 0.3) is 0 Å². The summed E-state index contributed by atoms with van der Waals surface area (Å²) in [4.78, 5) is 173. The fourth-order valence-corrected chi connectivity index (χ4v) is 12.5. The highest BCUT2D eigenvalue weighted by atomic mass is 16.5. The van der Waals surface area contributed by atoms with E-state index in [-0.39, 0.29) is 62.9 Å². The van der Waals surface area contributed by atoms with Crippen LogP contribution in [0.25, 0.3) is 0 Å². The van der Waals surface area contributed by atoms with Gasteiger partial charge < -0.3 is 59.9 Å². The molecule has 2 fully saturated rings. The van der Waals surface area contributed by atoms with E-state index in [1.54, 1.807) is 55.4 Å². The molecule has 0 unspecified atom stereocenters. The maximum atomic E-state index is 15.2. The molecule has 95 heavy (non-hydrogen) atoms. The van der Waals surface area contributed by atoms with Gasteiger partial charge in [0, 0.05) is 86.7 Å². The number of ketones is 2. The molecule has 2 saturated heterocycles. The Morgan fingerprint density at radius 1 is 0.537 bits per heavy atom. The molecule has 0 bridgehead atoms. The number of amides is 9. The van der Waals surface area contributed by atoms with E-state index in [0.29, 0.717) is 32.5 Å². The van der Waals surface area contributed by atoms with Crippen molar-refractivity contribution in [3.05, 3.63) is 12.2 Å². The number of hydrogen-bond acceptors (Lipinski definition) is 15. The molecule has 0 spiro atoms. The second-order valence-electron chi connectivity index (χ2n) is 29.0. The number of carbonyl (C=O) groups excluding carboxylic acids is 11. The average molecular weight is 1340 g/mol. The lowest BCUT2D eigenvalue weighted by Crippen LogP contribution is -2.63. The Morgan fingerprint density at radius 3 is 1.61 bits per heavy atom. The van der Waals surface area contributed by atoms with Gasteiger partial charge in [0.15, 0.2) is 11.6 Å². The van der Waals surface area contributed by atoms with Crippen molar-refractivity contribution in [3.63, 3.8) is 0 Å². The fraction of sp³-hybridized carbons (Fsp3) is 0.817. The van der Waals surface area contributed by atoms with Crippen LogP contribution in [0.3, 0.4) is 0 Å². The van der Waals surface area contributed by atoms with Crippen LogP contribution in [0.2, 0.25) is 0 Å². The standard InChI is InChI=1S/C71H126N10O14/c1-24-26-27-30-47(13)62(84)61-65(87)73-53(25-2)69(91)75(18)50(16)67(89)79(22)60(51(17)95-34-29-28-31-81-32-35-94-36-33-81)58(83)41-52(45(9)10)68(90)76(19)54(37-42(3)4)57(82)40-48(14)63(85)72-49(15)66(88)78(21)56(39-44(7)8)70(92)77(20)55(38-43(5)6)64(86)74-59(46(11)12)71(93)80(61)23/h26-27,42-56,59-62,84H,24-25,28-41H2,1-23H3,(H,72,85)(H,73,87)(H,74,86)/b27-26-/t47-,48-,49-,50-,51-,52+,53+,54+,55+,56+,59+,60+,61+,62-/m1/s1. The van der Waals surface area contributed by atoms with Crippen molar-refractivity contribution in [3.8, 4) is 0 Å². The Bertz CT molecular complexity index is 2560. The fourth-order valence-electron chi connectivity index (χ4n) is 12.5. The van der Waals surface area contributed by atoms with Gasteiger partial charge in [-0.25, -0.2) is 0 Å². The van der Waals surface area contributed by atoms with Gasteiger partial charge in [-0.15, -0.1) is 0 Å². The van der Waals surface area contributed by atoms with Gasteiger partial charge in [-0.1, -0.05) is 109 Å². The lowest BCUT2D eigenvalue weighted by Gasteiger charge is -2.39. The van der Waals surface area contributed by atoms with Crippen molar-refractivity contribution >= 4 is 64.7 Å². The van der Waals surface area contributed by atoms with E-state index in [1.165, 1.54) is 80.6 Å². The number of aliphatic hydroxyl groups is 1. The number of nitrogens with one attached hydrogen (secondary N) is 3. The summed E-state index contributed by atoms with van der Waals surface area (Å²) in [6.45, 7) is 33.9. The van der Waals surface area contributed by atoms with E-state index in [9.17, 15) is 43.5 Å². The van der Waals surface area contributed by atoms with Gasteiger partial charge in [0.1, 0.15) is 48.3 Å². The van der Waals surface area contributed by atoms with E-state index in [0.717, 1.165) is 31.0 Å². The molecule has 2 aliphatic heterocycles. The van der Waals surface area contributed by atoms with E-state index in [4.69, 9.17) is 9.47 Å². The molecule has 544 valence electrons. The van der Waals surface area contributed by atoms with Crippen LogP contribution in [0, 0.1) is 47.3 Å². The van der Waals surface area contributed by atoms with Gasteiger partial charge in [-0.3, -0.25) is 57.6 Å². The highest BCUT2D eigenvalue weighted by Gasteiger charge is 2.45. The first-order chi connectivity index (χ1) is 44.3. The van der Waals surface area contributed by atoms with Crippen molar-refractivity contribution in [1.82, 2.24) is 50.2 Å². The van der Waals surface area contributed by atoms with Crippen molar-refractivity contribution in [2.75, 3.05) is 81.7 Å². The third-order valence-electron chi connectivity index (χ3n) is 19.0. The van der Waals surface area contributed by atoms with Crippen LogP contribution in [0.5, 0.6) is 0 Å². The molecule has 9 amide bonds. The molecule has 24 heteroatoms. The second kappa shape index (κ2) is 40.8. The summed E-state index contributed by atoms with van der Waals surface area (Å²) in [6, 6.07) is -11.3. The van der Waals surface area contributed by atoms with Gasteiger partial charge in [-0.05, 0) is 114 Å². The molecule has 0 aromatic rings. The van der Waals surface area contributed by atoms with Crippen LogP contribution in [-0.2, 0) is 62.2 Å². The van der Waals surface area contributed by atoms with Crippen LogP contribution in [-0.4, -0.2) is 252 Å². The number of nitrogens with zero attached hydrogens (tertiary/aromatic N) is 7. The first-order valence-electron chi connectivity index (χ1n) is 35.1. The minimum atomic E-state index is -1.63. The molecule has 0 aromatic heterocycles. The molecule has 0 saturated carbocycles. The maximum Gasteiger partial charge on any atom is 0.246 e. The minimum absolute atomic E-state index is 0.00430. The van der Waals surface area contributed by atoms with Crippen LogP contribution < -0.4 is 16.0 Å². The van der Waals surface area contributed by atoms with Crippen molar-refractivity contribution in [1.29, 1.82) is 0 Å². The number of hydrogen-bond donors (Lipinski definition) is 4. The Balaban J connectivity index is 2.98. The normalized spacial score (nSPS) is 27.6. The van der Waals surface area contributed by atoms with Crippen molar-refractivity contribution < 1.29 is 67.3 Å². The highest BCUT2D eigenvalue weighted by Crippen LogP contribution is 2.28. The molecule has 0 radical (unpaired) electrons. The quantitative estimate of drug-likeness (QED) is 0.0832. The summed E-state index contributed by atoms with van der Waals surface area (Å²) in [7, 11) is 8.61. The summed E-state index contributed by atoms with van der Waals surface area (Å²) < 4.78 is 11.9. The largest absolute Gasteiger partial charge is 0.390 e. The molecule has 0 aromatic carbocycles. The van der Waals surface area contributed by atoms with E-state index in [2.05, 4.69) is 20.9 Å². The van der Waals surface area contributed by atoms with Gasteiger partial charge in [0.05, 0.1) is 31.5 Å². The molecular weight excluding hydrogens is 1220 g/mol. The van der Waals surface area contributed by atoms with Crippen LogP contribution >= 0.6 is 0 Å². The van der Waals surface area contributed by atoms with Gasteiger partial charge in [0.2, 0.25) is 53.2 Å². The topological polar surface area (TPSA) is 285 Å². The number of carbonyl (C=O) groups is 11. The number of Topliss-reactive ketones (excluding diaryl/α,β-unsaturated/α-hetero) is 2. The highest BCUT2D eigenvalue weighted by molar-refractivity contribution is 6.00. The Labute approximate surface area is 569 Å². The summed E-state index contributed by atoms with van der Waals surface area (Å²) >= 11 is 0. The molecule has 0 aliphatic carbocycles. The number of likely N-dealkylation sites (N-methyl/N-ethyl adjacent to an activating group) is 6. The van der Waals surface area contributed by atoms with Gasteiger partial charge in [-0.2, -0.15) is 0 Å². The smallest absolute Gasteiger partial charge is 0.246 e. The zero-order valence-electron chi connectivity index (χ0n) is 62.3. The van der Waals surface area contributed by atoms with E-state index >= 15 is 14.4 Å². The lowest BCUT2D eigenvalue weighted by atomic mass is 9.85. The number of ether oxygens (including phenoxy) is 2. The van der Waals surface area contributed by atoms with Gasteiger partial charge >= 0.3 is 0 Å². The maximum absolute atomic E-state index is 15.2. The first-order valence-corrected chi connectivity index (χ1v) is 35.1. The molecule has 4 N–H and O–H groups in total. The summed E-state index contributed by atoms with van der Waals surface area (Å²) in [5.41, 5.74) is 0. The number of aliphatic hydroxyl groups excluding tert-OH is 1. The molecule has 24 nitrogen and oxygen atoms in total. The number of rotatable bonds is 21. The van der Waals surface area contributed by atoms with E-state index in [1.807, 2.05) is 60.6 Å². The first kappa shape index (κ1) is 85.2. The molecule has 14 atom stereocenters. The summed E-state index contributed by atoms with van der Waals surface area (Å²) in [5, 5.41) is 20.7. The van der Waals surface area contributed by atoms with Crippen molar-refractivity contribution in [2.24, 2.45) is 47.3 Å². The zero-order valence-corrected chi connectivity index (χ0v) is 62.3. The number of morpholine rings is 1. The Hall–Kier alpha value is -5.85. The monoisotopic (exact) mass is 1340 g/mol. The SMILES string of the molecule is CC/C=C\C[C@@H](C)[C@@H](O)[C@H]1C(=O)N[C@@H](CC)C(=O)N(C)[C@H](C)C(=O)N(C)[C@@H]([C@@H](C)OCCCCN2CCOCC2)C(=O)C[C@@H](C(C)C)C(=O)N(C)[C@@H](CC(C)C)C(=O)C[C@@H](C)C(=O)N[C@H](C)C(=O)N(C)[C@@H](CC(C)C)C(=O)N(C)[C@@H](CC(C)C)C(=O)N[C@@H](C(C)C)C(=O)N1C. The second-order valence-corrected chi connectivity index (χ2v) is 29.0. The zero-order chi connectivity index (χ0) is 72.6. The minimum Gasteiger partial charge on any atom is -0.390 e. The molecule has 2 heterocycles. The predicted molar refractivity (Wildman–Crippen MR) is 368 cm³/mol. The lowest BCUT2D eigenvalue weighted by molar-refractivity contribution is -0.153. The molecular formula is C71H126N10O14. The Kier molecular flexibility index (Phi) is 36.6. The van der Waals surface area contributed by atoms with Crippen LogP contribution in [0.15, 0.2) is 12.2 Å². The number of unbranched alkanes of at least 4 members (excludes halogenated alkanes) is 1. The van der Waals surface area contributed by atoms with E-state index < -0.39 is 161 Å². The van der Waals surface area contributed by atoms with Crippen molar-refractivity contribution in [2.45, 2.75) is 248 Å². The molecule has 2 rings (SSSR count).